The van der Waals surface area contributed by atoms with Crippen LogP contribution in [-0.4, -0.2) is 35.8 Å². The molecule has 0 atom stereocenters. The summed E-state index contributed by atoms with van der Waals surface area (Å²) in [7, 11) is 1.22. The minimum atomic E-state index is -0.682. The van der Waals surface area contributed by atoms with Crippen LogP contribution in [0.4, 0.5) is 0 Å². The summed E-state index contributed by atoms with van der Waals surface area (Å²) in [6.45, 7) is -0.312. The largest absolute Gasteiger partial charge is 0.465 e. The Morgan fingerprint density at radius 3 is 2.89 bits per heavy atom. The standard InChI is InChI=1S/C13H9NO5/c1-18-12(16)9-7-4-2-3-5-14(7)11-8(15)6-19-13(17)10(9)11/h2-5H,6H2,1H3. The van der Waals surface area contributed by atoms with Crippen molar-refractivity contribution < 1.29 is 23.9 Å². The van der Waals surface area contributed by atoms with Gasteiger partial charge in [-0.25, -0.2) is 9.59 Å². The highest BCUT2D eigenvalue weighted by Crippen LogP contribution is 2.28. The molecule has 0 spiro atoms. The highest BCUT2D eigenvalue weighted by Gasteiger charge is 2.36. The lowest BCUT2D eigenvalue weighted by Gasteiger charge is -2.12. The van der Waals surface area contributed by atoms with Crippen LogP contribution in [0.1, 0.15) is 31.2 Å². The minimum absolute atomic E-state index is 0.0192. The van der Waals surface area contributed by atoms with Crippen molar-refractivity contribution in [1.29, 1.82) is 0 Å². The average Bonchev–Trinajstić information content (AvgIpc) is 2.78. The molecule has 1 aliphatic rings. The van der Waals surface area contributed by atoms with Gasteiger partial charge in [-0.1, -0.05) is 6.07 Å². The van der Waals surface area contributed by atoms with Gasteiger partial charge in [0.05, 0.1) is 12.6 Å². The zero-order valence-electron chi connectivity index (χ0n) is 10.0. The van der Waals surface area contributed by atoms with Crippen molar-refractivity contribution in [3.05, 3.63) is 41.2 Å². The number of methoxy groups -OCH3 is 1. The molecule has 2 aromatic heterocycles. The second-order valence-corrected chi connectivity index (χ2v) is 4.05. The number of hydrogen-bond donors (Lipinski definition) is 0. The van der Waals surface area contributed by atoms with Crippen LogP contribution in [0.25, 0.3) is 5.52 Å². The number of ether oxygens (including phenoxy) is 2. The predicted molar refractivity (Wildman–Crippen MR) is 63.3 cm³/mol. The van der Waals surface area contributed by atoms with Gasteiger partial charge in [-0.15, -0.1) is 0 Å². The molecular formula is C13H9NO5. The van der Waals surface area contributed by atoms with E-state index < -0.39 is 11.9 Å². The summed E-state index contributed by atoms with van der Waals surface area (Å²) in [5.74, 6) is -1.69. The number of fused-ring (bicyclic) bond motifs is 3. The third kappa shape index (κ3) is 1.46. The van der Waals surface area contributed by atoms with Crippen LogP contribution in [0.15, 0.2) is 24.4 Å². The molecule has 3 heterocycles. The van der Waals surface area contributed by atoms with Crippen molar-refractivity contribution in [3.63, 3.8) is 0 Å². The molecular weight excluding hydrogens is 250 g/mol. The Hall–Kier alpha value is -2.63. The van der Waals surface area contributed by atoms with E-state index >= 15 is 0 Å². The zero-order chi connectivity index (χ0) is 13.6. The number of nitrogens with zero attached hydrogens (tertiary/aromatic N) is 1. The first-order chi connectivity index (χ1) is 9.15. The van der Waals surface area contributed by atoms with E-state index in [2.05, 4.69) is 4.74 Å². The molecule has 0 aliphatic carbocycles. The van der Waals surface area contributed by atoms with Gasteiger partial charge >= 0.3 is 11.9 Å². The fourth-order valence-electron chi connectivity index (χ4n) is 2.26. The fraction of sp³-hybridized carbons (Fsp3) is 0.154. The van der Waals surface area contributed by atoms with Gasteiger partial charge in [-0.2, -0.15) is 0 Å². The first-order valence-corrected chi connectivity index (χ1v) is 5.57. The summed E-state index contributed by atoms with van der Waals surface area (Å²) >= 11 is 0. The van der Waals surface area contributed by atoms with Crippen LogP contribution in [0.2, 0.25) is 0 Å². The van der Waals surface area contributed by atoms with Gasteiger partial charge in [0.1, 0.15) is 16.8 Å². The number of cyclic esters (lactones) is 1. The van der Waals surface area contributed by atoms with Gasteiger partial charge in [0, 0.05) is 6.20 Å². The number of pyridine rings is 1. The smallest absolute Gasteiger partial charge is 0.341 e. The second-order valence-electron chi connectivity index (χ2n) is 4.05. The van der Waals surface area contributed by atoms with Crippen LogP contribution in [-0.2, 0) is 9.47 Å². The lowest BCUT2D eigenvalue weighted by molar-refractivity contribution is 0.0431. The molecule has 0 fully saturated rings. The first kappa shape index (κ1) is 11.5. The number of esters is 2. The predicted octanol–water partition coefficient (Wildman–Crippen LogP) is 1.08. The maximum Gasteiger partial charge on any atom is 0.341 e. The van der Waals surface area contributed by atoms with Crippen molar-refractivity contribution >= 4 is 23.2 Å². The molecule has 0 amide bonds. The molecule has 0 unspecified atom stereocenters. The number of hydrogen-bond acceptors (Lipinski definition) is 5. The zero-order valence-corrected chi connectivity index (χ0v) is 10.0. The molecule has 0 saturated heterocycles. The lowest BCUT2D eigenvalue weighted by atomic mass is 10.1. The number of ketones is 1. The molecule has 0 radical (unpaired) electrons. The highest BCUT2D eigenvalue weighted by atomic mass is 16.5. The summed E-state index contributed by atoms with van der Waals surface area (Å²) in [6, 6.07) is 5.07. The number of aromatic nitrogens is 1. The van der Waals surface area contributed by atoms with E-state index in [0.29, 0.717) is 5.52 Å². The summed E-state index contributed by atoms with van der Waals surface area (Å²) in [6.07, 6.45) is 1.62. The van der Waals surface area contributed by atoms with Gasteiger partial charge in [0.25, 0.3) is 0 Å². The van der Waals surface area contributed by atoms with E-state index in [1.807, 2.05) is 0 Å². The SMILES string of the molecule is COC(=O)c1c2c(n3ccccc13)C(=O)COC2=O. The minimum Gasteiger partial charge on any atom is -0.465 e. The molecule has 6 heteroatoms. The van der Waals surface area contributed by atoms with E-state index in [1.165, 1.54) is 11.5 Å². The van der Waals surface area contributed by atoms with Gasteiger partial charge in [0.2, 0.25) is 5.78 Å². The normalized spacial score (nSPS) is 14.2. The van der Waals surface area contributed by atoms with Crippen molar-refractivity contribution in [1.82, 2.24) is 4.40 Å². The Bertz CT molecular complexity index is 728. The summed E-state index contributed by atoms with van der Waals surface area (Å²) in [5, 5.41) is 0. The molecule has 3 rings (SSSR count). The van der Waals surface area contributed by atoms with E-state index in [1.54, 1.807) is 24.4 Å². The second kappa shape index (κ2) is 3.94. The average molecular weight is 259 g/mol. The van der Waals surface area contributed by atoms with E-state index in [4.69, 9.17) is 4.74 Å². The molecule has 1 aliphatic heterocycles. The van der Waals surface area contributed by atoms with Crippen LogP contribution < -0.4 is 0 Å². The fourth-order valence-corrected chi connectivity index (χ4v) is 2.26. The third-order valence-electron chi connectivity index (χ3n) is 3.04. The molecule has 19 heavy (non-hydrogen) atoms. The molecule has 6 nitrogen and oxygen atoms in total. The summed E-state index contributed by atoms with van der Waals surface area (Å²) < 4.78 is 11.0. The van der Waals surface area contributed by atoms with Crippen LogP contribution in [0.5, 0.6) is 0 Å². The first-order valence-electron chi connectivity index (χ1n) is 5.57. The molecule has 0 bridgehead atoms. The van der Waals surface area contributed by atoms with E-state index in [-0.39, 0.29) is 29.2 Å². The monoisotopic (exact) mass is 259 g/mol. The lowest BCUT2D eigenvalue weighted by Crippen LogP contribution is -2.25. The van der Waals surface area contributed by atoms with Crippen LogP contribution in [0.3, 0.4) is 0 Å². The molecule has 96 valence electrons. The van der Waals surface area contributed by atoms with Crippen LogP contribution >= 0.6 is 0 Å². The van der Waals surface area contributed by atoms with Crippen LogP contribution in [0, 0.1) is 0 Å². The Morgan fingerprint density at radius 1 is 1.37 bits per heavy atom. The van der Waals surface area contributed by atoms with Crippen molar-refractivity contribution in [2.45, 2.75) is 0 Å². The van der Waals surface area contributed by atoms with E-state index in [0.717, 1.165) is 0 Å². The van der Waals surface area contributed by atoms with Crippen molar-refractivity contribution in [2.24, 2.45) is 0 Å². The Morgan fingerprint density at radius 2 is 2.16 bits per heavy atom. The van der Waals surface area contributed by atoms with Gasteiger partial charge in [-0.05, 0) is 12.1 Å². The maximum absolute atomic E-state index is 11.9. The quantitative estimate of drug-likeness (QED) is 0.716. The third-order valence-corrected chi connectivity index (χ3v) is 3.04. The molecule has 2 aromatic rings. The molecule has 0 N–H and O–H groups in total. The number of Topliss-reactive ketones (excluding diaryl/α,β-unsaturated/α-hetero) is 1. The van der Waals surface area contributed by atoms with Crippen molar-refractivity contribution in [3.8, 4) is 0 Å². The Balaban J connectivity index is 2.48. The Labute approximate surface area is 107 Å². The number of carbonyl (C=O) groups is 3. The van der Waals surface area contributed by atoms with Gasteiger partial charge < -0.3 is 13.9 Å². The van der Waals surface area contributed by atoms with Gasteiger partial charge in [0.15, 0.2) is 6.61 Å². The molecule has 0 saturated carbocycles. The number of carbonyl (C=O) groups excluding carboxylic acids is 3. The number of rotatable bonds is 1. The summed E-state index contributed by atoms with van der Waals surface area (Å²) in [4.78, 5) is 35.6. The molecule has 0 aromatic carbocycles. The topological polar surface area (TPSA) is 74.1 Å². The van der Waals surface area contributed by atoms with E-state index in [9.17, 15) is 14.4 Å². The maximum atomic E-state index is 11.9. The summed E-state index contributed by atoms with van der Waals surface area (Å²) in [5.41, 5.74) is 0.671. The highest BCUT2D eigenvalue weighted by molar-refractivity contribution is 6.18. The van der Waals surface area contributed by atoms with Crippen molar-refractivity contribution in [2.75, 3.05) is 13.7 Å². The van der Waals surface area contributed by atoms with Gasteiger partial charge in [-0.3, -0.25) is 4.79 Å². The Kier molecular flexibility index (Phi) is 2.38.